The fourth-order valence-electron chi connectivity index (χ4n) is 1.48. The molecule has 0 amide bonds. The van der Waals surface area contributed by atoms with Crippen molar-refractivity contribution in [1.82, 2.24) is 9.78 Å². The van der Waals surface area contributed by atoms with E-state index < -0.39 is 0 Å². The van der Waals surface area contributed by atoms with E-state index in [1.54, 1.807) is 18.3 Å². The Morgan fingerprint density at radius 2 is 2.06 bits per heavy atom. The summed E-state index contributed by atoms with van der Waals surface area (Å²) in [6.45, 7) is 3.24. The van der Waals surface area contributed by atoms with Crippen LogP contribution in [-0.4, -0.2) is 9.78 Å². The Labute approximate surface area is 115 Å². The van der Waals surface area contributed by atoms with Crippen molar-refractivity contribution < 1.29 is 4.74 Å². The maximum Gasteiger partial charge on any atom is 0.144 e. The molecule has 0 unspecified atom stereocenters. The maximum atomic E-state index is 5.91. The summed E-state index contributed by atoms with van der Waals surface area (Å²) >= 11 is 11.8. The van der Waals surface area contributed by atoms with Crippen molar-refractivity contribution in [3.8, 4) is 5.75 Å². The lowest BCUT2D eigenvalue weighted by molar-refractivity contribution is 0.308. The minimum absolute atomic E-state index is 0.391. The van der Waals surface area contributed by atoms with E-state index in [-0.39, 0.29) is 0 Å². The van der Waals surface area contributed by atoms with Crippen LogP contribution in [0.15, 0.2) is 24.5 Å². The number of aromatic nitrogens is 2. The zero-order valence-electron chi connectivity index (χ0n) is 9.86. The molecule has 0 aliphatic rings. The molecule has 1 heterocycles. The number of hydrogen-bond acceptors (Lipinski definition) is 3. The van der Waals surface area contributed by atoms with E-state index in [0.29, 0.717) is 28.1 Å². The van der Waals surface area contributed by atoms with Gasteiger partial charge in [0.15, 0.2) is 0 Å². The Bertz CT molecular complexity index is 554. The second-order valence-corrected chi connectivity index (χ2v) is 4.61. The average molecular weight is 286 g/mol. The quantitative estimate of drug-likeness (QED) is 0.877. The van der Waals surface area contributed by atoms with E-state index in [4.69, 9.17) is 33.7 Å². The number of benzene rings is 1. The molecule has 0 atom stereocenters. The fourth-order valence-corrected chi connectivity index (χ4v) is 1.81. The number of nitrogen functional groups attached to an aromatic ring is 1. The first kappa shape index (κ1) is 13.1. The number of hydrogen-bond donors (Lipinski definition) is 1. The Kier molecular flexibility index (Phi) is 3.99. The number of anilines is 1. The van der Waals surface area contributed by atoms with Crippen LogP contribution in [0.25, 0.3) is 0 Å². The molecule has 2 aromatic rings. The van der Waals surface area contributed by atoms with Crippen molar-refractivity contribution in [1.29, 1.82) is 0 Å². The number of ether oxygens (including phenoxy) is 1. The second-order valence-electron chi connectivity index (χ2n) is 3.80. The lowest BCUT2D eigenvalue weighted by atomic mass is 10.3. The van der Waals surface area contributed by atoms with Crippen molar-refractivity contribution in [2.75, 3.05) is 5.73 Å². The van der Waals surface area contributed by atoms with Crippen molar-refractivity contribution in [2.24, 2.45) is 0 Å². The minimum Gasteiger partial charge on any atom is -0.487 e. The van der Waals surface area contributed by atoms with E-state index in [0.717, 1.165) is 12.1 Å². The van der Waals surface area contributed by atoms with Crippen molar-refractivity contribution >= 4 is 28.9 Å². The number of aryl methyl sites for hydroxylation is 1. The zero-order chi connectivity index (χ0) is 13.1. The molecule has 4 nitrogen and oxygen atoms in total. The third-order valence-corrected chi connectivity index (χ3v) is 3.18. The summed E-state index contributed by atoms with van der Waals surface area (Å²) in [4.78, 5) is 0. The molecule has 0 saturated heterocycles. The number of rotatable bonds is 4. The molecule has 6 heteroatoms. The molecule has 0 saturated carbocycles. The van der Waals surface area contributed by atoms with Gasteiger partial charge in [0.2, 0.25) is 0 Å². The normalized spacial score (nSPS) is 10.6. The summed E-state index contributed by atoms with van der Waals surface area (Å²) in [6.07, 6.45) is 3.69. The van der Waals surface area contributed by atoms with Crippen LogP contribution in [0, 0.1) is 0 Å². The largest absolute Gasteiger partial charge is 0.487 e. The summed E-state index contributed by atoms with van der Waals surface area (Å²) in [7, 11) is 0. The Morgan fingerprint density at radius 3 is 2.72 bits per heavy atom. The standard InChI is InChI=1S/C12H13Cl2N3O/c1-2-17-6-8(5-16-17)7-18-12-4-10(14)9(13)3-11(12)15/h3-6H,2,7,15H2,1H3. The topological polar surface area (TPSA) is 53.1 Å². The van der Waals surface area contributed by atoms with Crippen molar-refractivity contribution in [2.45, 2.75) is 20.1 Å². The van der Waals surface area contributed by atoms with Gasteiger partial charge in [-0.1, -0.05) is 23.2 Å². The highest BCUT2D eigenvalue weighted by Gasteiger charge is 2.07. The average Bonchev–Trinajstić information content (AvgIpc) is 2.80. The maximum absolute atomic E-state index is 5.91. The summed E-state index contributed by atoms with van der Waals surface area (Å²) < 4.78 is 7.43. The summed E-state index contributed by atoms with van der Waals surface area (Å²) in [5.74, 6) is 0.522. The molecule has 2 N–H and O–H groups in total. The van der Waals surface area contributed by atoms with E-state index in [9.17, 15) is 0 Å². The van der Waals surface area contributed by atoms with Gasteiger partial charge >= 0.3 is 0 Å². The van der Waals surface area contributed by atoms with Crippen LogP contribution < -0.4 is 10.5 Å². The van der Waals surface area contributed by atoms with Gasteiger partial charge in [-0.05, 0) is 13.0 Å². The molecule has 0 radical (unpaired) electrons. The van der Waals surface area contributed by atoms with Crippen molar-refractivity contribution in [3.63, 3.8) is 0 Å². The third-order valence-electron chi connectivity index (χ3n) is 2.46. The molecule has 0 bridgehead atoms. The van der Waals surface area contributed by atoms with Crippen LogP contribution in [0.3, 0.4) is 0 Å². The first-order valence-electron chi connectivity index (χ1n) is 5.48. The molecule has 0 fully saturated rings. The molecular formula is C12H13Cl2N3O. The van der Waals surface area contributed by atoms with E-state index in [1.165, 1.54) is 0 Å². The van der Waals surface area contributed by atoms with Crippen LogP contribution in [0.4, 0.5) is 5.69 Å². The predicted molar refractivity (Wildman–Crippen MR) is 73.1 cm³/mol. The molecule has 1 aromatic heterocycles. The minimum atomic E-state index is 0.391. The number of halogens is 2. The summed E-state index contributed by atoms with van der Waals surface area (Å²) in [5, 5.41) is 5.00. The van der Waals surface area contributed by atoms with Gasteiger partial charge in [-0.15, -0.1) is 0 Å². The monoisotopic (exact) mass is 285 g/mol. The predicted octanol–water partition coefficient (Wildman–Crippen LogP) is 3.37. The lowest BCUT2D eigenvalue weighted by Gasteiger charge is -2.09. The third kappa shape index (κ3) is 2.89. The first-order valence-corrected chi connectivity index (χ1v) is 6.24. The molecule has 1 aromatic carbocycles. The Morgan fingerprint density at radius 1 is 1.33 bits per heavy atom. The van der Waals surface area contributed by atoms with E-state index in [1.807, 2.05) is 17.8 Å². The summed E-state index contributed by atoms with van der Waals surface area (Å²) in [5.41, 5.74) is 7.24. The number of nitrogens with zero attached hydrogens (tertiary/aromatic N) is 2. The van der Waals surface area contributed by atoms with Gasteiger partial charge in [0, 0.05) is 24.4 Å². The van der Waals surface area contributed by atoms with Gasteiger partial charge in [-0.3, -0.25) is 4.68 Å². The van der Waals surface area contributed by atoms with Crippen LogP contribution >= 0.6 is 23.2 Å². The van der Waals surface area contributed by atoms with E-state index in [2.05, 4.69) is 5.10 Å². The van der Waals surface area contributed by atoms with Crippen LogP contribution in [0.2, 0.25) is 10.0 Å². The molecule has 2 rings (SSSR count). The van der Waals surface area contributed by atoms with Gasteiger partial charge in [0.25, 0.3) is 0 Å². The van der Waals surface area contributed by atoms with Gasteiger partial charge < -0.3 is 10.5 Å². The van der Waals surface area contributed by atoms with Crippen molar-refractivity contribution in [3.05, 3.63) is 40.1 Å². The highest BCUT2D eigenvalue weighted by molar-refractivity contribution is 6.42. The van der Waals surface area contributed by atoms with Gasteiger partial charge in [-0.2, -0.15) is 5.10 Å². The molecule has 0 aliphatic heterocycles. The molecule has 96 valence electrons. The van der Waals surface area contributed by atoms with Gasteiger partial charge in [-0.25, -0.2) is 0 Å². The molecular weight excluding hydrogens is 273 g/mol. The molecule has 0 spiro atoms. The Hall–Kier alpha value is -1.39. The second kappa shape index (κ2) is 5.50. The van der Waals surface area contributed by atoms with Crippen LogP contribution in [-0.2, 0) is 13.2 Å². The smallest absolute Gasteiger partial charge is 0.144 e. The SMILES string of the molecule is CCn1cc(COc2cc(Cl)c(Cl)cc2N)cn1. The van der Waals surface area contributed by atoms with Crippen LogP contribution in [0.1, 0.15) is 12.5 Å². The van der Waals surface area contributed by atoms with Crippen LogP contribution in [0.5, 0.6) is 5.75 Å². The Balaban J connectivity index is 2.08. The summed E-state index contributed by atoms with van der Waals surface area (Å²) in [6, 6.07) is 3.19. The lowest BCUT2D eigenvalue weighted by Crippen LogP contribution is -1.98. The molecule has 18 heavy (non-hydrogen) atoms. The molecule has 0 aliphatic carbocycles. The highest BCUT2D eigenvalue weighted by atomic mass is 35.5. The zero-order valence-corrected chi connectivity index (χ0v) is 11.4. The highest BCUT2D eigenvalue weighted by Crippen LogP contribution is 2.32. The van der Waals surface area contributed by atoms with Gasteiger partial charge in [0.05, 0.1) is 21.9 Å². The van der Waals surface area contributed by atoms with E-state index >= 15 is 0 Å². The first-order chi connectivity index (χ1) is 8.60. The number of nitrogens with two attached hydrogens (primary N) is 1. The fraction of sp³-hybridized carbons (Fsp3) is 0.250. The van der Waals surface area contributed by atoms with Gasteiger partial charge in [0.1, 0.15) is 12.4 Å².